The molecule has 2 heterocycles. The minimum absolute atomic E-state index is 0.0613. The van der Waals surface area contributed by atoms with Crippen molar-refractivity contribution in [3.63, 3.8) is 0 Å². The molecule has 1 saturated carbocycles. The van der Waals surface area contributed by atoms with E-state index >= 15 is 0 Å². The number of urea groups is 1. The van der Waals surface area contributed by atoms with Gasteiger partial charge in [0.15, 0.2) is 0 Å². The molecule has 0 aromatic heterocycles. The SMILES string of the molecule is CC1CC(C)(C)CC2(C1)NC(=O)N(CC1CCOCO1)C2=O. The monoisotopic (exact) mass is 310 g/mol. The molecule has 3 aliphatic rings. The van der Waals surface area contributed by atoms with E-state index in [-0.39, 0.29) is 30.3 Å². The summed E-state index contributed by atoms with van der Waals surface area (Å²) in [6, 6.07) is -0.273. The van der Waals surface area contributed by atoms with Crippen molar-refractivity contribution in [3.05, 3.63) is 0 Å². The van der Waals surface area contributed by atoms with Crippen LogP contribution in [0.2, 0.25) is 0 Å². The number of hydrogen-bond acceptors (Lipinski definition) is 4. The van der Waals surface area contributed by atoms with Gasteiger partial charge in [-0.15, -0.1) is 0 Å². The second-order valence-corrected chi connectivity index (χ2v) is 7.89. The van der Waals surface area contributed by atoms with Crippen LogP contribution in [0.4, 0.5) is 4.79 Å². The Balaban J connectivity index is 1.75. The molecule has 3 atom stereocenters. The zero-order chi connectivity index (χ0) is 16.0. The van der Waals surface area contributed by atoms with Crippen molar-refractivity contribution >= 4 is 11.9 Å². The van der Waals surface area contributed by atoms with Crippen LogP contribution in [0.1, 0.15) is 46.5 Å². The molecule has 2 saturated heterocycles. The third-order valence-electron chi connectivity index (χ3n) is 4.98. The minimum atomic E-state index is -0.719. The Hall–Kier alpha value is -1.14. The maximum atomic E-state index is 13.0. The summed E-state index contributed by atoms with van der Waals surface area (Å²) in [6.07, 6.45) is 3.12. The second-order valence-electron chi connectivity index (χ2n) is 7.89. The lowest BCUT2D eigenvalue weighted by Gasteiger charge is -2.43. The maximum Gasteiger partial charge on any atom is 0.325 e. The zero-order valence-electron chi connectivity index (χ0n) is 13.7. The van der Waals surface area contributed by atoms with Gasteiger partial charge in [-0.05, 0) is 37.0 Å². The largest absolute Gasteiger partial charge is 0.355 e. The van der Waals surface area contributed by atoms with E-state index in [1.54, 1.807) is 0 Å². The quantitative estimate of drug-likeness (QED) is 0.791. The number of carbonyl (C=O) groups excluding carboxylic acids is 2. The van der Waals surface area contributed by atoms with Gasteiger partial charge < -0.3 is 14.8 Å². The molecule has 6 nitrogen and oxygen atoms in total. The van der Waals surface area contributed by atoms with E-state index in [0.717, 1.165) is 12.8 Å². The van der Waals surface area contributed by atoms with Gasteiger partial charge in [-0.1, -0.05) is 20.8 Å². The van der Waals surface area contributed by atoms with Crippen molar-refractivity contribution in [2.24, 2.45) is 11.3 Å². The predicted molar refractivity (Wildman–Crippen MR) is 80.1 cm³/mol. The Bertz CT molecular complexity index is 473. The average molecular weight is 310 g/mol. The molecule has 2 aliphatic heterocycles. The topological polar surface area (TPSA) is 67.9 Å². The Labute approximate surface area is 131 Å². The molecule has 3 rings (SSSR count). The first-order chi connectivity index (χ1) is 10.3. The summed E-state index contributed by atoms with van der Waals surface area (Å²) in [6.45, 7) is 7.69. The number of hydrogen-bond donors (Lipinski definition) is 1. The Morgan fingerprint density at radius 3 is 2.73 bits per heavy atom. The second kappa shape index (κ2) is 5.49. The predicted octanol–water partition coefficient (Wildman–Crippen LogP) is 1.89. The molecule has 124 valence electrons. The highest BCUT2D eigenvalue weighted by atomic mass is 16.7. The van der Waals surface area contributed by atoms with Crippen LogP contribution in [-0.2, 0) is 14.3 Å². The van der Waals surface area contributed by atoms with Crippen LogP contribution < -0.4 is 5.32 Å². The molecule has 1 aliphatic carbocycles. The van der Waals surface area contributed by atoms with Gasteiger partial charge in [-0.25, -0.2) is 4.79 Å². The molecule has 3 fully saturated rings. The number of imide groups is 1. The molecule has 0 radical (unpaired) electrons. The fraction of sp³-hybridized carbons (Fsp3) is 0.875. The zero-order valence-corrected chi connectivity index (χ0v) is 13.7. The summed E-state index contributed by atoms with van der Waals surface area (Å²) in [4.78, 5) is 26.7. The number of nitrogens with one attached hydrogen (secondary N) is 1. The molecule has 6 heteroatoms. The minimum Gasteiger partial charge on any atom is -0.355 e. The molecule has 0 bridgehead atoms. The highest BCUT2D eigenvalue weighted by Crippen LogP contribution is 2.46. The molecule has 0 aromatic rings. The first-order valence-corrected chi connectivity index (χ1v) is 8.15. The van der Waals surface area contributed by atoms with Crippen LogP contribution in [0.5, 0.6) is 0 Å². The summed E-state index contributed by atoms with van der Waals surface area (Å²) >= 11 is 0. The van der Waals surface area contributed by atoms with E-state index in [4.69, 9.17) is 9.47 Å². The van der Waals surface area contributed by atoms with Gasteiger partial charge in [0.2, 0.25) is 0 Å². The van der Waals surface area contributed by atoms with E-state index < -0.39 is 5.54 Å². The summed E-state index contributed by atoms with van der Waals surface area (Å²) in [7, 11) is 0. The van der Waals surface area contributed by atoms with Crippen molar-refractivity contribution in [2.45, 2.75) is 58.1 Å². The van der Waals surface area contributed by atoms with E-state index in [1.807, 2.05) is 0 Å². The molecule has 3 unspecified atom stereocenters. The fourth-order valence-electron chi connectivity index (χ4n) is 4.52. The van der Waals surface area contributed by atoms with Crippen molar-refractivity contribution in [1.82, 2.24) is 10.2 Å². The maximum absolute atomic E-state index is 13.0. The molecule has 0 aromatic carbocycles. The standard InChI is InChI=1S/C16H26N2O4/c1-11-6-15(2,3)9-16(7-11)13(19)18(14(20)17-16)8-12-4-5-21-10-22-12/h11-12H,4-10H2,1-3H3,(H,17,20). The summed E-state index contributed by atoms with van der Waals surface area (Å²) in [5.74, 6) is 0.347. The lowest BCUT2D eigenvalue weighted by atomic mass is 9.64. The Kier molecular flexibility index (Phi) is 3.93. The van der Waals surface area contributed by atoms with Gasteiger partial charge in [0.05, 0.1) is 19.3 Å². The first kappa shape index (κ1) is 15.7. The number of carbonyl (C=O) groups is 2. The van der Waals surface area contributed by atoms with E-state index in [1.165, 1.54) is 4.90 Å². The van der Waals surface area contributed by atoms with Gasteiger partial charge in [0, 0.05) is 0 Å². The van der Waals surface area contributed by atoms with Crippen molar-refractivity contribution in [2.75, 3.05) is 19.9 Å². The number of amides is 3. The highest BCUT2D eigenvalue weighted by molar-refractivity contribution is 6.07. The lowest BCUT2D eigenvalue weighted by Crippen LogP contribution is -2.54. The average Bonchev–Trinajstić information content (AvgIpc) is 2.61. The van der Waals surface area contributed by atoms with Crippen molar-refractivity contribution < 1.29 is 19.1 Å². The van der Waals surface area contributed by atoms with Crippen molar-refractivity contribution in [3.8, 4) is 0 Å². The van der Waals surface area contributed by atoms with Gasteiger partial charge in [-0.3, -0.25) is 9.69 Å². The first-order valence-electron chi connectivity index (χ1n) is 8.15. The Morgan fingerprint density at radius 1 is 1.32 bits per heavy atom. The number of nitrogens with zero attached hydrogens (tertiary/aromatic N) is 1. The third kappa shape index (κ3) is 2.86. The molecule has 3 amide bonds. The van der Waals surface area contributed by atoms with Gasteiger partial charge in [0.1, 0.15) is 12.3 Å². The molecule has 22 heavy (non-hydrogen) atoms. The normalized spacial score (nSPS) is 38.4. The van der Waals surface area contributed by atoms with Crippen LogP contribution >= 0.6 is 0 Å². The molecular formula is C16H26N2O4. The molecular weight excluding hydrogens is 284 g/mol. The summed E-state index contributed by atoms with van der Waals surface area (Å²) < 4.78 is 10.6. The van der Waals surface area contributed by atoms with Gasteiger partial charge >= 0.3 is 6.03 Å². The lowest BCUT2D eigenvalue weighted by molar-refractivity contribution is -0.151. The van der Waals surface area contributed by atoms with Crippen molar-refractivity contribution in [1.29, 1.82) is 0 Å². The van der Waals surface area contributed by atoms with Crippen LogP contribution in [0, 0.1) is 11.3 Å². The van der Waals surface area contributed by atoms with E-state index in [9.17, 15) is 9.59 Å². The highest BCUT2D eigenvalue weighted by Gasteiger charge is 2.56. The summed E-state index contributed by atoms with van der Waals surface area (Å²) in [5.41, 5.74) is -0.658. The van der Waals surface area contributed by atoms with Crippen LogP contribution in [0.25, 0.3) is 0 Å². The number of rotatable bonds is 2. The van der Waals surface area contributed by atoms with E-state index in [0.29, 0.717) is 31.9 Å². The van der Waals surface area contributed by atoms with Crippen LogP contribution in [-0.4, -0.2) is 48.4 Å². The Morgan fingerprint density at radius 2 is 2.09 bits per heavy atom. The molecule has 1 N–H and O–H groups in total. The van der Waals surface area contributed by atoms with E-state index in [2.05, 4.69) is 26.1 Å². The van der Waals surface area contributed by atoms with Crippen LogP contribution in [0.3, 0.4) is 0 Å². The van der Waals surface area contributed by atoms with Gasteiger partial charge in [0.25, 0.3) is 5.91 Å². The molecule has 1 spiro atoms. The third-order valence-corrected chi connectivity index (χ3v) is 4.98. The summed E-state index contributed by atoms with van der Waals surface area (Å²) in [5, 5.41) is 3.00. The number of ether oxygens (including phenoxy) is 2. The fourth-order valence-corrected chi connectivity index (χ4v) is 4.52. The van der Waals surface area contributed by atoms with Gasteiger partial charge in [-0.2, -0.15) is 0 Å². The van der Waals surface area contributed by atoms with Crippen LogP contribution in [0.15, 0.2) is 0 Å². The smallest absolute Gasteiger partial charge is 0.325 e.